The monoisotopic (exact) mass is 877 g/mol. The van der Waals surface area contributed by atoms with Crippen LogP contribution in [0, 0.1) is 0 Å². The molecule has 8 rings (SSSR count). The van der Waals surface area contributed by atoms with Gasteiger partial charge in [-0.15, -0.1) is 0 Å². The summed E-state index contributed by atoms with van der Waals surface area (Å²) in [5.74, 6) is 4.03. The molecule has 0 atom stereocenters. The fourth-order valence-corrected chi connectivity index (χ4v) is 8.77. The number of ether oxygens (including phenoxy) is 1. The molecular weight excluding hydrogens is 847 g/mol. The first-order chi connectivity index (χ1) is 28.4. The van der Waals surface area contributed by atoms with Gasteiger partial charge in [-0.05, 0) is 59.7 Å². The molecule has 6 aromatic rings. The Morgan fingerprint density at radius 2 is 1.35 bits per heavy atom. The van der Waals surface area contributed by atoms with E-state index in [0.717, 1.165) is 24.3 Å². The van der Waals surface area contributed by atoms with Gasteiger partial charge in [0.1, 0.15) is 9.79 Å². The summed E-state index contributed by atoms with van der Waals surface area (Å²) in [4.78, 5) is 40.1. The molecule has 0 bridgehead atoms. The van der Waals surface area contributed by atoms with Gasteiger partial charge in [0.05, 0.1) is 46.3 Å². The molecule has 0 amide bonds. The van der Waals surface area contributed by atoms with E-state index in [4.69, 9.17) is 10.6 Å². The average Bonchev–Trinajstić information content (AvgIpc) is 3.21. The lowest BCUT2D eigenvalue weighted by Crippen LogP contribution is -2.37. The average molecular weight is 878 g/mol. The highest BCUT2D eigenvalue weighted by molar-refractivity contribution is 7.87. The van der Waals surface area contributed by atoms with Crippen LogP contribution in [0.1, 0.15) is 15.9 Å². The zero-order valence-corrected chi connectivity index (χ0v) is 33.3. The third kappa shape index (κ3) is 7.52. The first-order valence-electron chi connectivity index (χ1n) is 17.5. The van der Waals surface area contributed by atoms with Crippen molar-refractivity contribution < 1.29 is 48.2 Å². The minimum absolute atomic E-state index is 0.0490. The van der Waals surface area contributed by atoms with Crippen LogP contribution in [-0.4, -0.2) is 86.0 Å². The lowest BCUT2D eigenvalue weighted by atomic mass is 9.83. The molecule has 0 saturated carbocycles. The fourth-order valence-electron chi connectivity index (χ4n) is 6.91. The summed E-state index contributed by atoms with van der Waals surface area (Å²) in [5.41, 5.74) is 1.30. The minimum Gasteiger partial charge on any atom is -0.378 e. The molecule has 21 nitrogen and oxygen atoms in total. The fraction of sp³-hybridized carbons (Fsp3) is 0.139. The highest BCUT2D eigenvalue weighted by Gasteiger charge is 2.30. The van der Waals surface area contributed by atoms with Crippen LogP contribution in [0.5, 0.6) is 0 Å². The smallest absolute Gasteiger partial charge is 0.312 e. The number of carbonyl (C=O) groups excluding carboxylic acids is 1. The van der Waals surface area contributed by atoms with E-state index in [2.05, 4.69) is 35.2 Å². The summed E-state index contributed by atoms with van der Waals surface area (Å²) in [7, 11) is -12.8. The van der Waals surface area contributed by atoms with Gasteiger partial charge in [-0.3, -0.25) is 18.7 Å². The Hall–Kier alpha value is -6.38. The van der Waals surface area contributed by atoms with Crippen LogP contribution in [0.2, 0.25) is 0 Å². The van der Waals surface area contributed by atoms with E-state index in [9.17, 15) is 43.9 Å². The predicted molar refractivity (Wildman–Crippen MR) is 216 cm³/mol. The number of aromatic nitrogens is 4. The number of fused-ring (bicyclic) bond motifs is 2. The molecule has 1 aliphatic heterocycles. The molecule has 0 spiro atoms. The summed E-state index contributed by atoms with van der Waals surface area (Å²) in [6, 6.07) is 17.5. The molecule has 2 aromatic heterocycles. The summed E-state index contributed by atoms with van der Waals surface area (Å²) in [6.45, 7) is 1.26. The number of benzene rings is 4. The molecule has 310 valence electrons. The van der Waals surface area contributed by atoms with Crippen molar-refractivity contribution in [3.8, 4) is 11.1 Å². The number of aryl methyl sites for hydroxylation is 1. The Labute approximate surface area is 340 Å². The summed E-state index contributed by atoms with van der Waals surface area (Å²) >= 11 is 0. The van der Waals surface area contributed by atoms with Crippen molar-refractivity contribution >= 4 is 87.6 Å². The molecule has 60 heavy (non-hydrogen) atoms. The van der Waals surface area contributed by atoms with Crippen LogP contribution in [0.4, 0.5) is 40.6 Å². The SMILES string of the molecule is Cn1c(=O)cc2c3c(c(Nc4cc(Nc5nc(Nc6cc(S(=O)(=O)ON)ccc6S(=O)(=O)O)nc(N6CCOCC6)n5)ccc4S(=O)(=O)O)ccc31)C(=O)c1ccccc1-2. The van der Waals surface area contributed by atoms with Gasteiger partial charge >= 0.3 is 10.1 Å². The third-order valence-corrected chi connectivity index (χ3v) is 12.6. The van der Waals surface area contributed by atoms with Gasteiger partial charge in [0.15, 0.2) is 5.78 Å². The summed E-state index contributed by atoms with van der Waals surface area (Å²) in [6.07, 6.45) is 0. The van der Waals surface area contributed by atoms with E-state index in [1.54, 1.807) is 42.3 Å². The van der Waals surface area contributed by atoms with E-state index in [1.165, 1.54) is 28.8 Å². The van der Waals surface area contributed by atoms with Crippen LogP contribution >= 0.6 is 0 Å². The number of rotatable bonds is 11. The molecular formula is C36H31N9O12S3. The van der Waals surface area contributed by atoms with Crippen molar-refractivity contribution in [3.63, 3.8) is 0 Å². The number of pyridine rings is 1. The zero-order chi connectivity index (χ0) is 42.7. The topological polar surface area (TPSA) is 304 Å². The first kappa shape index (κ1) is 40.4. The van der Waals surface area contributed by atoms with Crippen LogP contribution in [0.15, 0.2) is 98.3 Å². The van der Waals surface area contributed by atoms with Crippen LogP contribution < -0.4 is 32.3 Å². The second-order valence-electron chi connectivity index (χ2n) is 13.3. The number of nitrogens with two attached hydrogens (primary N) is 1. The predicted octanol–water partition coefficient (Wildman–Crippen LogP) is 3.07. The number of ketones is 1. The third-order valence-electron chi connectivity index (χ3n) is 9.69. The number of carbonyl (C=O) groups is 1. The lowest BCUT2D eigenvalue weighted by Gasteiger charge is -2.27. The molecule has 0 unspecified atom stereocenters. The van der Waals surface area contributed by atoms with E-state index >= 15 is 0 Å². The molecule has 24 heteroatoms. The van der Waals surface area contributed by atoms with Crippen LogP contribution in [0.25, 0.3) is 22.0 Å². The molecule has 1 aliphatic carbocycles. The first-order valence-corrected chi connectivity index (χ1v) is 21.8. The zero-order valence-electron chi connectivity index (χ0n) is 30.8. The van der Waals surface area contributed by atoms with E-state index in [0.29, 0.717) is 53.9 Å². The standard InChI is InChI=1S/C36H31N9O12S3/c1-44-27-9-8-24(32-31(27)23(18-30(44)46)21-4-2-3-5-22(21)33(32)47)39-25-16-19(6-10-28(25)58(48,49)50)38-34-41-35(43-36(42-34)45-12-14-56-15-13-45)40-26-17-20(60(54,55)57-37)7-11-29(26)59(51,52)53/h2-11,16-18,39H,12-15,37H2,1H3,(H,48,49,50)(H,51,52,53)(H2,38,40,41,42,43). The second kappa shape index (κ2) is 15.0. The number of hydrogen-bond acceptors (Lipinski definition) is 18. The van der Waals surface area contributed by atoms with Gasteiger partial charge < -0.3 is 30.2 Å². The Morgan fingerprint density at radius 1 is 0.717 bits per heavy atom. The van der Waals surface area contributed by atoms with Crippen molar-refractivity contribution in [2.75, 3.05) is 47.2 Å². The Bertz CT molecular complexity index is 3190. The van der Waals surface area contributed by atoms with E-state index < -0.39 is 56.5 Å². The molecule has 4 aromatic carbocycles. The Balaban J connectivity index is 1.22. The van der Waals surface area contributed by atoms with Crippen molar-refractivity contribution in [1.82, 2.24) is 19.5 Å². The summed E-state index contributed by atoms with van der Waals surface area (Å²) < 4.78 is 106. The Morgan fingerprint density at radius 3 is 2.02 bits per heavy atom. The van der Waals surface area contributed by atoms with Crippen LogP contribution in [-0.2, 0) is 46.4 Å². The normalized spacial score (nSPS) is 14.2. The lowest BCUT2D eigenvalue weighted by molar-refractivity contribution is 0.104. The van der Waals surface area contributed by atoms with Crippen molar-refractivity contribution in [3.05, 3.63) is 100 Å². The van der Waals surface area contributed by atoms with Gasteiger partial charge in [-0.2, -0.15) is 50.4 Å². The van der Waals surface area contributed by atoms with Gasteiger partial charge in [0.2, 0.25) is 17.8 Å². The van der Waals surface area contributed by atoms with Gasteiger partial charge in [-0.25, -0.2) is 0 Å². The van der Waals surface area contributed by atoms with Gasteiger partial charge in [-0.1, -0.05) is 24.3 Å². The van der Waals surface area contributed by atoms with Gasteiger partial charge in [0.25, 0.3) is 25.8 Å². The second-order valence-corrected chi connectivity index (χ2v) is 17.7. The maximum absolute atomic E-state index is 14.1. The van der Waals surface area contributed by atoms with Gasteiger partial charge in [0, 0.05) is 42.8 Å². The highest BCUT2D eigenvalue weighted by Crippen LogP contribution is 2.43. The summed E-state index contributed by atoms with van der Waals surface area (Å²) in [5, 5.41) is 9.00. The maximum atomic E-state index is 14.1. The quantitative estimate of drug-likeness (QED) is 0.0803. The van der Waals surface area contributed by atoms with E-state index in [-0.39, 0.29) is 46.0 Å². The van der Waals surface area contributed by atoms with Crippen molar-refractivity contribution in [2.45, 2.75) is 14.7 Å². The number of nitrogens with one attached hydrogen (secondary N) is 3. The maximum Gasteiger partial charge on any atom is 0.312 e. The molecule has 1 saturated heterocycles. The molecule has 0 radical (unpaired) electrons. The number of hydrogen-bond donors (Lipinski definition) is 6. The number of nitrogens with zero attached hydrogens (tertiary/aromatic N) is 5. The van der Waals surface area contributed by atoms with Crippen LogP contribution in [0.3, 0.4) is 0 Å². The number of anilines is 7. The highest BCUT2D eigenvalue weighted by atomic mass is 32.2. The molecule has 7 N–H and O–H groups in total. The van der Waals surface area contributed by atoms with Crippen molar-refractivity contribution in [1.29, 1.82) is 0 Å². The van der Waals surface area contributed by atoms with Crippen molar-refractivity contribution in [2.24, 2.45) is 12.9 Å². The largest absolute Gasteiger partial charge is 0.378 e. The molecule has 3 heterocycles. The molecule has 2 aliphatic rings. The molecule has 1 fully saturated rings. The Kier molecular flexibility index (Phi) is 10.1. The minimum atomic E-state index is -4.95. The number of morpholine rings is 1. The van der Waals surface area contributed by atoms with E-state index in [1.807, 2.05) is 0 Å².